The Labute approximate surface area is 121 Å². The van der Waals surface area contributed by atoms with Crippen molar-refractivity contribution in [3.05, 3.63) is 28.8 Å². The molecule has 0 aliphatic rings. The van der Waals surface area contributed by atoms with Gasteiger partial charge in [-0.05, 0) is 32.0 Å². The normalized spacial score (nSPS) is 9.75. The average Bonchev–Trinajstić information content (AvgIpc) is 2.36. The highest BCUT2D eigenvalue weighted by Gasteiger charge is 2.10. The second-order valence-corrected chi connectivity index (χ2v) is 4.63. The van der Waals surface area contributed by atoms with Gasteiger partial charge in [0, 0.05) is 6.04 Å². The zero-order chi connectivity index (χ0) is 15.1. The van der Waals surface area contributed by atoms with Crippen LogP contribution >= 0.6 is 11.6 Å². The summed E-state index contributed by atoms with van der Waals surface area (Å²) in [5, 5.41) is 13.5. The van der Waals surface area contributed by atoms with Gasteiger partial charge in [-0.1, -0.05) is 11.6 Å². The molecule has 7 heteroatoms. The van der Waals surface area contributed by atoms with Gasteiger partial charge in [-0.25, -0.2) is 4.79 Å². The van der Waals surface area contributed by atoms with Crippen molar-refractivity contribution >= 4 is 23.5 Å². The number of amides is 3. The Kier molecular flexibility index (Phi) is 5.81. The van der Waals surface area contributed by atoms with E-state index in [1.54, 1.807) is 13.8 Å². The van der Waals surface area contributed by atoms with Gasteiger partial charge in [0.05, 0.1) is 16.7 Å². The summed E-state index contributed by atoms with van der Waals surface area (Å²) < 4.78 is 5.17. The first-order valence-electron chi connectivity index (χ1n) is 5.85. The van der Waals surface area contributed by atoms with Crippen molar-refractivity contribution in [1.29, 1.82) is 5.26 Å². The van der Waals surface area contributed by atoms with Crippen LogP contribution in [-0.4, -0.2) is 24.6 Å². The second-order valence-electron chi connectivity index (χ2n) is 4.22. The molecule has 106 valence electrons. The van der Waals surface area contributed by atoms with E-state index < -0.39 is 11.9 Å². The topological polar surface area (TPSA) is 91.2 Å². The molecule has 6 nitrogen and oxygen atoms in total. The molecule has 0 heterocycles. The number of rotatable bonds is 4. The van der Waals surface area contributed by atoms with Gasteiger partial charge in [0.15, 0.2) is 6.61 Å². The quantitative estimate of drug-likeness (QED) is 0.886. The zero-order valence-electron chi connectivity index (χ0n) is 11.1. The first kappa shape index (κ1) is 15.8. The van der Waals surface area contributed by atoms with Gasteiger partial charge in [-0.15, -0.1) is 0 Å². The van der Waals surface area contributed by atoms with Gasteiger partial charge in [-0.2, -0.15) is 5.26 Å². The maximum atomic E-state index is 11.5. The first-order valence-corrected chi connectivity index (χ1v) is 6.23. The van der Waals surface area contributed by atoms with Gasteiger partial charge < -0.3 is 10.1 Å². The molecule has 3 amide bonds. The number of ether oxygens (including phenoxy) is 1. The van der Waals surface area contributed by atoms with Crippen LogP contribution < -0.4 is 15.4 Å². The standard InChI is InChI=1S/C13H14ClN3O3/c1-8(2)16-13(19)17-12(18)7-20-11-4-3-9(6-15)5-10(11)14/h3-5,8H,7H2,1-2H3,(H2,16,17,18,19). The fraction of sp³-hybridized carbons (Fsp3) is 0.308. The van der Waals surface area contributed by atoms with Crippen LogP contribution in [0.25, 0.3) is 0 Å². The summed E-state index contributed by atoms with van der Waals surface area (Å²) in [6.45, 7) is 3.20. The molecule has 0 radical (unpaired) electrons. The number of nitrogens with zero attached hydrogens (tertiary/aromatic N) is 1. The molecule has 0 aliphatic heterocycles. The molecule has 1 rings (SSSR count). The first-order chi connectivity index (χ1) is 9.42. The van der Waals surface area contributed by atoms with Gasteiger partial charge in [-0.3, -0.25) is 10.1 Å². The van der Waals surface area contributed by atoms with Crippen molar-refractivity contribution in [2.24, 2.45) is 0 Å². The van der Waals surface area contributed by atoms with Crippen LogP contribution in [0.2, 0.25) is 5.02 Å². The number of benzene rings is 1. The highest BCUT2D eigenvalue weighted by atomic mass is 35.5. The summed E-state index contributed by atoms with van der Waals surface area (Å²) in [6.07, 6.45) is 0. The maximum absolute atomic E-state index is 11.5. The number of carbonyl (C=O) groups excluding carboxylic acids is 2. The average molecular weight is 296 g/mol. The summed E-state index contributed by atoms with van der Waals surface area (Å²) in [4.78, 5) is 22.7. The van der Waals surface area contributed by atoms with Crippen LogP contribution in [0.3, 0.4) is 0 Å². The SMILES string of the molecule is CC(C)NC(=O)NC(=O)COc1ccc(C#N)cc1Cl. The van der Waals surface area contributed by atoms with Crippen molar-refractivity contribution in [1.82, 2.24) is 10.6 Å². The Morgan fingerprint density at radius 2 is 2.15 bits per heavy atom. The highest BCUT2D eigenvalue weighted by molar-refractivity contribution is 6.32. The molecule has 0 atom stereocenters. The number of hydrogen-bond donors (Lipinski definition) is 2. The van der Waals surface area contributed by atoms with Crippen LogP contribution in [0.1, 0.15) is 19.4 Å². The molecule has 1 aromatic rings. The number of nitrogens with one attached hydrogen (secondary N) is 2. The monoisotopic (exact) mass is 295 g/mol. The second kappa shape index (κ2) is 7.36. The van der Waals surface area contributed by atoms with E-state index in [-0.39, 0.29) is 23.4 Å². The van der Waals surface area contributed by atoms with Crippen LogP contribution in [0, 0.1) is 11.3 Å². The third-order valence-corrected chi connectivity index (χ3v) is 2.39. The summed E-state index contributed by atoms with van der Waals surface area (Å²) in [6, 6.07) is 5.71. The van der Waals surface area contributed by atoms with Crippen molar-refractivity contribution in [3.8, 4) is 11.8 Å². The van der Waals surface area contributed by atoms with E-state index in [9.17, 15) is 9.59 Å². The predicted molar refractivity (Wildman–Crippen MR) is 73.5 cm³/mol. The summed E-state index contributed by atoms with van der Waals surface area (Å²) in [5.41, 5.74) is 0.392. The maximum Gasteiger partial charge on any atom is 0.321 e. The fourth-order valence-corrected chi connectivity index (χ4v) is 1.53. The lowest BCUT2D eigenvalue weighted by Gasteiger charge is -2.10. The molecule has 0 aromatic heterocycles. The van der Waals surface area contributed by atoms with Crippen LogP contribution in [0.15, 0.2) is 18.2 Å². The van der Waals surface area contributed by atoms with Gasteiger partial charge >= 0.3 is 6.03 Å². The van der Waals surface area contributed by atoms with E-state index in [4.69, 9.17) is 21.6 Å². The Bertz CT molecular complexity index is 552. The lowest BCUT2D eigenvalue weighted by Crippen LogP contribution is -2.44. The lowest BCUT2D eigenvalue weighted by molar-refractivity contribution is -0.122. The molecule has 0 fully saturated rings. The van der Waals surface area contributed by atoms with E-state index in [0.717, 1.165) is 0 Å². The number of nitriles is 1. The van der Waals surface area contributed by atoms with Gasteiger partial charge in [0.2, 0.25) is 0 Å². The minimum Gasteiger partial charge on any atom is -0.482 e. The Balaban J connectivity index is 2.49. The third kappa shape index (κ3) is 5.16. The molecule has 0 unspecified atom stereocenters. The number of hydrogen-bond acceptors (Lipinski definition) is 4. The number of carbonyl (C=O) groups is 2. The third-order valence-electron chi connectivity index (χ3n) is 2.09. The number of halogens is 1. The molecule has 0 saturated heterocycles. The fourth-order valence-electron chi connectivity index (χ4n) is 1.29. The van der Waals surface area contributed by atoms with E-state index in [0.29, 0.717) is 5.56 Å². The lowest BCUT2D eigenvalue weighted by atomic mass is 10.2. The Hall–Kier alpha value is -2.26. The summed E-state index contributed by atoms with van der Waals surface area (Å²) in [5.74, 6) is -0.325. The number of imide groups is 1. The summed E-state index contributed by atoms with van der Waals surface area (Å²) >= 11 is 5.88. The van der Waals surface area contributed by atoms with Crippen molar-refractivity contribution in [3.63, 3.8) is 0 Å². The van der Waals surface area contributed by atoms with Crippen LogP contribution in [0.5, 0.6) is 5.75 Å². The van der Waals surface area contributed by atoms with E-state index in [1.807, 2.05) is 6.07 Å². The van der Waals surface area contributed by atoms with Crippen LogP contribution in [0.4, 0.5) is 4.79 Å². The molecular weight excluding hydrogens is 282 g/mol. The number of urea groups is 1. The van der Waals surface area contributed by atoms with E-state index in [2.05, 4.69) is 10.6 Å². The predicted octanol–water partition coefficient (Wildman–Crippen LogP) is 1.82. The highest BCUT2D eigenvalue weighted by Crippen LogP contribution is 2.24. The smallest absolute Gasteiger partial charge is 0.321 e. The summed E-state index contributed by atoms with van der Waals surface area (Å²) in [7, 11) is 0. The van der Waals surface area contributed by atoms with Gasteiger partial charge in [0.25, 0.3) is 5.91 Å². The van der Waals surface area contributed by atoms with E-state index in [1.165, 1.54) is 18.2 Å². The minimum absolute atomic E-state index is 0.0725. The molecule has 0 bridgehead atoms. The molecular formula is C13H14ClN3O3. The Morgan fingerprint density at radius 1 is 1.45 bits per heavy atom. The zero-order valence-corrected chi connectivity index (χ0v) is 11.8. The molecule has 0 spiro atoms. The molecule has 0 saturated carbocycles. The molecule has 2 N–H and O–H groups in total. The molecule has 1 aromatic carbocycles. The van der Waals surface area contributed by atoms with Gasteiger partial charge in [0.1, 0.15) is 5.75 Å². The van der Waals surface area contributed by atoms with Crippen molar-refractivity contribution in [2.45, 2.75) is 19.9 Å². The Morgan fingerprint density at radius 3 is 2.70 bits per heavy atom. The van der Waals surface area contributed by atoms with Crippen molar-refractivity contribution in [2.75, 3.05) is 6.61 Å². The van der Waals surface area contributed by atoms with E-state index >= 15 is 0 Å². The van der Waals surface area contributed by atoms with Crippen LogP contribution in [-0.2, 0) is 4.79 Å². The molecule has 20 heavy (non-hydrogen) atoms. The van der Waals surface area contributed by atoms with Crippen molar-refractivity contribution < 1.29 is 14.3 Å². The largest absolute Gasteiger partial charge is 0.482 e. The molecule has 0 aliphatic carbocycles. The minimum atomic E-state index is -0.594.